The van der Waals surface area contributed by atoms with Crippen molar-refractivity contribution >= 4 is 22.1 Å². The van der Waals surface area contributed by atoms with Crippen molar-refractivity contribution in [2.24, 2.45) is 0 Å². The van der Waals surface area contributed by atoms with Crippen LogP contribution in [0.5, 0.6) is 0 Å². The minimum Gasteiger partial charge on any atom is -0.545 e. The minimum atomic E-state index is -4.76. The van der Waals surface area contributed by atoms with Crippen molar-refractivity contribution in [2.75, 3.05) is 0 Å². The number of hydrogen-bond acceptors (Lipinski definition) is 6. The van der Waals surface area contributed by atoms with Gasteiger partial charge in [-0.05, 0) is 31.0 Å². The van der Waals surface area contributed by atoms with E-state index in [9.17, 15) is 28.2 Å². The van der Waals surface area contributed by atoms with Crippen molar-refractivity contribution in [1.29, 1.82) is 0 Å². The van der Waals surface area contributed by atoms with Gasteiger partial charge in [0.25, 0.3) is 10.1 Å². The first-order chi connectivity index (χ1) is 8.07. The first kappa shape index (κ1) is 23.6. The van der Waals surface area contributed by atoms with Crippen molar-refractivity contribution in [1.82, 2.24) is 0 Å². The van der Waals surface area contributed by atoms with Gasteiger partial charge < -0.3 is 19.8 Å². The number of carboxylic acid groups (broad SMARTS) is 2. The van der Waals surface area contributed by atoms with Crippen LogP contribution in [0.15, 0.2) is 11.0 Å². The average Bonchev–Trinajstić information content (AvgIpc) is 2.13. The zero-order valence-electron chi connectivity index (χ0n) is 11.4. The molecule has 0 fully saturated rings. The van der Waals surface area contributed by atoms with Gasteiger partial charge in [-0.15, -0.1) is 0 Å². The van der Waals surface area contributed by atoms with Crippen molar-refractivity contribution in [3.63, 3.8) is 0 Å². The molecular weight excluding hydrogens is 342 g/mol. The van der Waals surface area contributed by atoms with Gasteiger partial charge in [0.2, 0.25) is 0 Å². The fourth-order valence-electron chi connectivity index (χ4n) is 1.70. The predicted molar refractivity (Wildman–Crippen MR) is 54.4 cm³/mol. The molecule has 0 heterocycles. The SMILES string of the molecule is Cc1c(C(=O)[O-])cc(C(=O)[O-])c(C)c1S(=O)(=O)O.[K+].[K+]. The normalized spacial score (nSPS) is 10.2. The summed E-state index contributed by atoms with van der Waals surface area (Å²) in [7, 11) is -4.76. The summed E-state index contributed by atoms with van der Waals surface area (Å²) in [6, 6.07) is 0.740. The maximum absolute atomic E-state index is 11.2. The number of carbonyl (C=O) groups excluding carboxylic acids is 2. The van der Waals surface area contributed by atoms with Crippen molar-refractivity contribution in [2.45, 2.75) is 18.7 Å². The van der Waals surface area contributed by atoms with Gasteiger partial charge in [-0.25, -0.2) is 0 Å². The van der Waals surface area contributed by atoms with Gasteiger partial charge >= 0.3 is 103 Å². The van der Waals surface area contributed by atoms with Crippen LogP contribution < -0.4 is 113 Å². The Morgan fingerprint density at radius 1 is 1.00 bits per heavy atom. The number of benzene rings is 1. The molecule has 0 amide bonds. The molecule has 0 aliphatic carbocycles. The molecule has 1 aromatic carbocycles. The van der Waals surface area contributed by atoms with E-state index in [1.165, 1.54) is 0 Å². The van der Waals surface area contributed by atoms with E-state index in [0.717, 1.165) is 19.9 Å². The topological polar surface area (TPSA) is 135 Å². The third-order valence-electron chi connectivity index (χ3n) is 2.48. The van der Waals surface area contributed by atoms with E-state index in [1.807, 2.05) is 0 Å². The van der Waals surface area contributed by atoms with Crippen molar-refractivity contribution < 1.29 is 136 Å². The number of rotatable bonds is 3. The summed E-state index contributed by atoms with van der Waals surface area (Å²) in [6.45, 7) is 2.25. The zero-order chi connectivity index (χ0) is 14.2. The Labute approximate surface area is 200 Å². The Morgan fingerprint density at radius 3 is 1.50 bits per heavy atom. The minimum absolute atomic E-state index is 0. The molecule has 1 rings (SSSR count). The van der Waals surface area contributed by atoms with E-state index in [1.54, 1.807) is 0 Å². The number of carboxylic acids is 2. The molecule has 0 aliphatic heterocycles. The molecule has 10 heteroatoms. The molecule has 7 nitrogen and oxygen atoms in total. The largest absolute Gasteiger partial charge is 1.00 e. The van der Waals surface area contributed by atoms with Gasteiger partial charge in [-0.2, -0.15) is 8.42 Å². The van der Waals surface area contributed by atoms with Crippen molar-refractivity contribution in [3.05, 3.63) is 28.3 Å². The molecule has 1 N–H and O–H groups in total. The summed E-state index contributed by atoms with van der Waals surface area (Å²) < 4.78 is 31.3. The second kappa shape index (κ2) is 8.84. The Morgan fingerprint density at radius 2 is 1.30 bits per heavy atom. The Hall–Kier alpha value is 1.34. The third-order valence-corrected chi connectivity index (χ3v) is 3.60. The molecule has 0 saturated heterocycles. The maximum atomic E-state index is 11.2. The molecule has 0 aliphatic rings. The van der Waals surface area contributed by atoms with E-state index in [-0.39, 0.29) is 114 Å². The Bertz CT molecular complexity index is 614. The third kappa shape index (κ3) is 5.21. The molecule has 0 unspecified atom stereocenters. The smallest absolute Gasteiger partial charge is 0.545 e. The molecule has 0 saturated carbocycles. The Balaban J connectivity index is 0. The fraction of sp³-hybridized carbons (Fsp3) is 0.200. The summed E-state index contributed by atoms with van der Waals surface area (Å²) in [4.78, 5) is 20.8. The number of aromatic carboxylic acids is 2. The second-order valence-corrected chi connectivity index (χ2v) is 4.96. The maximum Gasteiger partial charge on any atom is 1.00 e. The summed E-state index contributed by atoms with van der Waals surface area (Å²) in [6.07, 6.45) is 0. The summed E-state index contributed by atoms with van der Waals surface area (Å²) >= 11 is 0. The second-order valence-electron chi connectivity index (χ2n) is 3.60. The van der Waals surface area contributed by atoms with Gasteiger partial charge in [0, 0.05) is 11.1 Å². The standard InChI is InChI=1S/C10H10O7S.2K/c1-4-6(9(11)12)3-7(10(13)14)5(2)8(4)18(15,16)17;;/h3H,1-2H3,(H,11,12)(H,13,14)(H,15,16,17);;/q;2*+1/p-2. The van der Waals surface area contributed by atoms with Crippen molar-refractivity contribution in [3.8, 4) is 0 Å². The fourth-order valence-corrected chi connectivity index (χ4v) is 2.69. The molecule has 0 atom stereocenters. The molecule has 20 heavy (non-hydrogen) atoms. The van der Waals surface area contributed by atoms with Crippen LogP contribution in [-0.2, 0) is 10.1 Å². The van der Waals surface area contributed by atoms with Gasteiger partial charge in [0.1, 0.15) is 4.90 Å². The van der Waals surface area contributed by atoms with Crippen LogP contribution >= 0.6 is 0 Å². The summed E-state index contributed by atoms with van der Waals surface area (Å²) in [5, 5.41) is 21.6. The zero-order valence-corrected chi connectivity index (χ0v) is 18.4. The van der Waals surface area contributed by atoms with E-state index in [2.05, 4.69) is 0 Å². The summed E-state index contributed by atoms with van der Waals surface area (Å²) in [5.41, 5.74) is -1.85. The molecule has 98 valence electrons. The number of hydrogen-bond donors (Lipinski definition) is 1. The first-order valence-electron chi connectivity index (χ1n) is 4.61. The Kier molecular flexibility index (Phi) is 10.4. The predicted octanol–water partition coefficient (Wildman–Crippen LogP) is -7.71. The monoisotopic (exact) mass is 350 g/mol. The van der Waals surface area contributed by atoms with Crippen LogP contribution in [0.2, 0.25) is 0 Å². The molecule has 0 aromatic heterocycles. The average molecular weight is 350 g/mol. The van der Waals surface area contributed by atoms with Crippen LogP contribution in [0.25, 0.3) is 0 Å². The van der Waals surface area contributed by atoms with E-state index in [0.29, 0.717) is 0 Å². The van der Waals surface area contributed by atoms with Crippen LogP contribution in [0.1, 0.15) is 31.8 Å². The van der Waals surface area contributed by atoms with Crippen LogP contribution in [-0.4, -0.2) is 24.9 Å². The summed E-state index contributed by atoms with van der Waals surface area (Å²) in [5.74, 6) is -3.50. The van der Waals surface area contributed by atoms with E-state index < -0.39 is 38.1 Å². The molecular formula is C10H8K2O7S. The van der Waals surface area contributed by atoms with E-state index in [4.69, 9.17) is 4.55 Å². The van der Waals surface area contributed by atoms with Gasteiger partial charge in [-0.3, -0.25) is 4.55 Å². The van der Waals surface area contributed by atoms with Gasteiger partial charge in [-0.1, -0.05) is 0 Å². The van der Waals surface area contributed by atoms with Crippen LogP contribution in [0.4, 0.5) is 0 Å². The van der Waals surface area contributed by atoms with Gasteiger partial charge in [0.15, 0.2) is 0 Å². The quantitative estimate of drug-likeness (QED) is 0.422. The van der Waals surface area contributed by atoms with Gasteiger partial charge in [0.05, 0.1) is 11.9 Å². The first-order valence-corrected chi connectivity index (χ1v) is 6.05. The molecule has 0 radical (unpaired) electrons. The number of carbonyl (C=O) groups is 2. The van der Waals surface area contributed by atoms with Crippen LogP contribution in [0.3, 0.4) is 0 Å². The molecule has 0 bridgehead atoms. The molecule has 0 spiro atoms. The van der Waals surface area contributed by atoms with E-state index >= 15 is 0 Å². The van der Waals surface area contributed by atoms with Crippen LogP contribution in [0, 0.1) is 13.8 Å². The molecule has 1 aromatic rings.